The van der Waals surface area contributed by atoms with Gasteiger partial charge in [-0.2, -0.15) is 18.3 Å². The Morgan fingerprint density at radius 2 is 1.88 bits per heavy atom. The molecule has 0 bridgehead atoms. The third-order valence-electron chi connectivity index (χ3n) is 5.20. The van der Waals surface area contributed by atoms with Crippen LogP contribution in [0.4, 0.5) is 19.0 Å². The number of anilines is 1. The SMILES string of the molecule is CCCCN(C(=O)C(F)(F)F)c1cc(-c2c(-c3cccc(C)c3)nc3cccnn23)ccn1. The Morgan fingerprint density at radius 3 is 2.61 bits per heavy atom. The molecule has 0 saturated carbocycles. The molecular formula is C24H22F3N5O. The lowest BCUT2D eigenvalue weighted by atomic mass is 10.0. The third-order valence-corrected chi connectivity index (χ3v) is 5.20. The smallest absolute Gasteiger partial charge is 0.289 e. The van der Waals surface area contributed by atoms with Crippen molar-refractivity contribution >= 4 is 17.4 Å². The van der Waals surface area contributed by atoms with Gasteiger partial charge >= 0.3 is 12.1 Å². The Labute approximate surface area is 188 Å². The molecule has 0 saturated heterocycles. The number of unbranched alkanes of at least 4 members (excludes halogenated alkanes) is 1. The molecule has 0 N–H and O–H groups in total. The molecule has 0 aliphatic carbocycles. The first-order valence-electron chi connectivity index (χ1n) is 10.6. The van der Waals surface area contributed by atoms with Crippen molar-refractivity contribution in [3.05, 3.63) is 66.5 Å². The highest BCUT2D eigenvalue weighted by molar-refractivity contribution is 5.97. The van der Waals surface area contributed by atoms with Crippen LogP contribution in [0, 0.1) is 6.92 Å². The van der Waals surface area contributed by atoms with E-state index in [0.717, 1.165) is 11.1 Å². The lowest BCUT2D eigenvalue weighted by molar-refractivity contribution is -0.170. The molecule has 0 aliphatic heterocycles. The zero-order chi connectivity index (χ0) is 23.6. The standard InChI is InChI=1S/C24H22F3N5O/c1-3-4-13-31(23(33)24(25,26)27)20-15-18(10-12-28-20)22-21(17-8-5-7-16(2)14-17)30-19-9-6-11-29-32(19)22/h5-12,14-15H,3-4,13H2,1-2H3. The fraction of sp³-hybridized carbons (Fsp3) is 0.250. The van der Waals surface area contributed by atoms with Crippen LogP contribution in [0.3, 0.4) is 0 Å². The summed E-state index contributed by atoms with van der Waals surface area (Å²) in [5.41, 5.74) is 4.28. The Morgan fingerprint density at radius 1 is 1.06 bits per heavy atom. The van der Waals surface area contributed by atoms with Gasteiger partial charge in [0.1, 0.15) is 11.5 Å². The largest absolute Gasteiger partial charge is 0.471 e. The van der Waals surface area contributed by atoms with Gasteiger partial charge in [0.05, 0.1) is 5.69 Å². The fourth-order valence-corrected chi connectivity index (χ4v) is 3.64. The summed E-state index contributed by atoms with van der Waals surface area (Å²) in [6, 6.07) is 14.5. The number of halogens is 3. The van der Waals surface area contributed by atoms with Crippen LogP contribution in [-0.4, -0.2) is 38.2 Å². The van der Waals surface area contributed by atoms with Gasteiger partial charge in [0.25, 0.3) is 0 Å². The van der Waals surface area contributed by atoms with Gasteiger partial charge in [0.2, 0.25) is 0 Å². The van der Waals surface area contributed by atoms with Crippen molar-refractivity contribution < 1.29 is 18.0 Å². The maximum absolute atomic E-state index is 13.3. The van der Waals surface area contributed by atoms with E-state index in [1.165, 1.54) is 12.3 Å². The number of aromatic nitrogens is 4. The quantitative estimate of drug-likeness (QED) is 0.389. The van der Waals surface area contributed by atoms with Gasteiger partial charge in [-0.15, -0.1) is 0 Å². The lowest BCUT2D eigenvalue weighted by Crippen LogP contribution is -2.42. The molecule has 0 unspecified atom stereocenters. The molecule has 4 aromatic rings. The normalized spacial score (nSPS) is 11.7. The summed E-state index contributed by atoms with van der Waals surface area (Å²) in [5, 5.41) is 4.40. The van der Waals surface area contributed by atoms with E-state index >= 15 is 0 Å². The second-order valence-corrected chi connectivity index (χ2v) is 7.68. The molecule has 170 valence electrons. The van der Waals surface area contributed by atoms with E-state index in [9.17, 15) is 18.0 Å². The number of imidazole rings is 1. The van der Waals surface area contributed by atoms with Crippen LogP contribution in [0.1, 0.15) is 25.3 Å². The Bertz CT molecular complexity index is 1300. The van der Waals surface area contributed by atoms with Crippen LogP contribution < -0.4 is 4.90 Å². The van der Waals surface area contributed by atoms with Gasteiger partial charge in [-0.25, -0.2) is 14.5 Å². The van der Waals surface area contributed by atoms with E-state index in [2.05, 4.69) is 10.1 Å². The highest BCUT2D eigenvalue weighted by Crippen LogP contribution is 2.34. The van der Waals surface area contributed by atoms with Crippen molar-refractivity contribution in [2.75, 3.05) is 11.4 Å². The third kappa shape index (κ3) is 4.57. The maximum atomic E-state index is 13.3. The zero-order valence-electron chi connectivity index (χ0n) is 18.2. The monoisotopic (exact) mass is 453 g/mol. The number of carbonyl (C=O) groups excluding carboxylic acids is 1. The molecular weight excluding hydrogens is 431 g/mol. The highest BCUT2D eigenvalue weighted by Gasteiger charge is 2.43. The molecule has 0 atom stereocenters. The van der Waals surface area contributed by atoms with E-state index in [1.54, 1.807) is 28.9 Å². The number of benzene rings is 1. The topological polar surface area (TPSA) is 63.4 Å². The van der Waals surface area contributed by atoms with Crippen LogP contribution in [0.15, 0.2) is 60.9 Å². The van der Waals surface area contributed by atoms with E-state index in [-0.39, 0.29) is 12.4 Å². The number of carbonyl (C=O) groups is 1. The molecule has 3 aromatic heterocycles. The Kier molecular flexibility index (Phi) is 6.13. The number of alkyl halides is 3. The number of pyridine rings is 1. The van der Waals surface area contributed by atoms with Gasteiger partial charge < -0.3 is 0 Å². The summed E-state index contributed by atoms with van der Waals surface area (Å²) < 4.78 is 41.5. The highest BCUT2D eigenvalue weighted by atomic mass is 19.4. The van der Waals surface area contributed by atoms with Crippen molar-refractivity contribution in [1.82, 2.24) is 19.6 Å². The van der Waals surface area contributed by atoms with E-state index in [4.69, 9.17) is 4.98 Å². The summed E-state index contributed by atoms with van der Waals surface area (Å²) in [4.78, 5) is 21.6. The van der Waals surface area contributed by atoms with Gasteiger partial charge in [0.15, 0.2) is 5.65 Å². The van der Waals surface area contributed by atoms with Crippen LogP contribution in [-0.2, 0) is 4.79 Å². The lowest BCUT2D eigenvalue weighted by Gasteiger charge is -2.23. The van der Waals surface area contributed by atoms with E-state index in [1.807, 2.05) is 38.1 Å². The summed E-state index contributed by atoms with van der Waals surface area (Å²) >= 11 is 0. The Hall–Kier alpha value is -3.75. The molecule has 6 nitrogen and oxygen atoms in total. The van der Waals surface area contributed by atoms with E-state index < -0.39 is 12.1 Å². The van der Waals surface area contributed by atoms with Crippen molar-refractivity contribution in [2.24, 2.45) is 0 Å². The first-order chi connectivity index (χ1) is 15.8. The summed E-state index contributed by atoms with van der Waals surface area (Å²) in [6.07, 6.45) is -0.935. The second kappa shape index (κ2) is 9.01. The first-order valence-corrected chi connectivity index (χ1v) is 10.6. The van der Waals surface area contributed by atoms with Crippen LogP contribution in [0.5, 0.6) is 0 Å². The minimum atomic E-state index is -5.00. The number of nitrogens with zero attached hydrogens (tertiary/aromatic N) is 5. The van der Waals surface area contributed by atoms with Crippen LogP contribution >= 0.6 is 0 Å². The van der Waals surface area contributed by atoms with Gasteiger partial charge in [-0.1, -0.05) is 37.1 Å². The summed E-state index contributed by atoms with van der Waals surface area (Å²) in [7, 11) is 0. The van der Waals surface area contributed by atoms with Gasteiger partial charge in [-0.05, 0) is 43.7 Å². The molecule has 0 spiro atoms. The molecule has 4 rings (SSSR count). The fourth-order valence-electron chi connectivity index (χ4n) is 3.64. The van der Waals surface area contributed by atoms with Crippen molar-refractivity contribution in [2.45, 2.75) is 32.9 Å². The average molecular weight is 453 g/mol. The number of fused-ring (bicyclic) bond motifs is 1. The number of amides is 1. The number of rotatable bonds is 6. The molecule has 1 amide bonds. The predicted molar refractivity (Wildman–Crippen MR) is 120 cm³/mol. The predicted octanol–water partition coefficient (Wildman–Crippen LogP) is 5.46. The minimum Gasteiger partial charge on any atom is -0.289 e. The first kappa shape index (κ1) is 22.4. The molecule has 33 heavy (non-hydrogen) atoms. The molecule has 0 aliphatic rings. The summed E-state index contributed by atoms with van der Waals surface area (Å²) in [5.74, 6) is -2.00. The summed E-state index contributed by atoms with van der Waals surface area (Å²) in [6.45, 7) is 3.73. The second-order valence-electron chi connectivity index (χ2n) is 7.68. The van der Waals surface area contributed by atoms with E-state index in [0.29, 0.717) is 40.3 Å². The number of hydrogen-bond acceptors (Lipinski definition) is 4. The zero-order valence-corrected chi connectivity index (χ0v) is 18.2. The molecule has 0 radical (unpaired) electrons. The molecule has 0 fully saturated rings. The molecule has 1 aromatic carbocycles. The van der Waals surface area contributed by atoms with Crippen LogP contribution in [0.25, 0.3) is 28.2 Å². The maximum Gasteiger partial charge on any atom is 0.471 e. The number of aryl methyl sites for hydroxylation is 1. The Balaban J connectivity index is 1.88. The van der Waals surface area contributed by atoms with Gasteiger partial charge in [-0.3, -0.25) is 9.69 Å². The van der Waals surface area contributed by atoms with Crippen molar-refractivity contribution in [3.8, 4) is 22.5 Å². The minimum absolute atomic E-state index is 0.0654. The van der Waals surface area contributed by atoms with Gasteiger partial charge in [0, 0.05) is 30.1 Å². The van der Waals surface area contributed by atoms with Crippen molar-refractivity contribution in [1.29, 1.82) is 0 Å². The average Bonchev–Trinajstić information content (AvgIpc) is 3.18. The number of hydrogen-bond donors (Lipinski definition) is 0. The van der Waals surface area contributed by atoms with Crippen LogP contribution in [0.2, 0.25) is 0 Å². The van der Waals surface area contributed by atoms with Crippen molar-refractivity contribution in [3.63, 3.8) is 0 Å². The molecule has 3 heterocycles. The molecule has 9 heteroatoms.